The molecule has 0 saturated carbocycles. The van der Waals surface area contributed by atoms with Crippen molar-refractivity contribution in [2.45, 2.75) is 53.2 Å². The molecule has 0 saturated heterocycles. The molecule has 3 heteroatoms. The minimum atomic E-state index is 0.140. The molecule has 0 radical (unpaired) electrons. The topological polar surface area (TPSA) is 30.5 Å². The van der Waals surface area contributed by atoms with Crippen LogP contribution in [0.4, 0.5) is 0 Å². The normalized spacial score (nSPS) is 14.2. The van der Waals surface area contributed by atoms with Crippen molar-refractivity contribution >= 4 is 0 Å². The van der Waals surface area contributed by atoms with E-state index in [1.165, 1.54) is 5.56 Å². The van der Waals surface area contributed by atoms with Gasteiger partial charge in [-0.1, -0.05) is 45.9 Å². The lowest BCUT2D eigenvalue weighted by Crippen LogP contribution is -2.37. The Hall–Kier alpha value is -1.06. The molecule has 0 spiro atoms. The van der Waals surface area contributed by atoms with E-state index in [4.69, 9.17) is 9.47 Å². The van der Waals surface area contributed by atoms with Crippen molar-refractivity contribution in [2.75, 3.05) is 19.8 Å². The summed E-state index contributed by atoms with van der Waals surface area (Å²) < 4.78 is 11.9. The highest BCUT2D eigenvalue weighted by molar-refractivity contribution is 5.36. The Kier molecular flexibility index (Phi) is 8.40. The van der Waals surface area contributed by atoms with Gasteiger partial charge in [0, 0.05) is 12.2 Å². The lowest BCUT2D eigenvalue weighted by molar-refractivity contribution is 0.00254. The van der Waals surface area contributed by atoms with E-state index in [1.54, 1.807) is 0 Å². The molecule has 0 fully saturated rings. The van der Waals surface area contributed by atoms with Gasteiger partial charge in [-0.3, -0.25) is 0 Å². The van der Waals surface area contributed by atoms with Crippen molar-refractivity contribution in [3.05, 3.63) is 29.8 Å². The molecule has 0 heterocycles. The summed E-state index contributed by atoms with van der Waals surface area (Å²) in [5.41, 5.74) is 1.19. The Balaban J connectivity index is 3.08. The molecule has 1 aromatic rings. The quantitative estimate of drug-likeness (QED) is 0.702. The smallest absolute Gasteiger partial charge is 0.124 e. The van der Waals surface area contributed by atoms with E-state index in [0.717, 1.165) is 31.9 Å². The molecule has 3 nitrogen and oxygen atoms in total. The highest BCUT2D eigenvalue weighted by Gasteiger charge is 2.28. The van der Waals surface area contributed by atoms with Crippen LogP contribution in [0.5, 0.6) is 5.75 Å². The third-order valence-electron chi connectivity index (χ3n) is 3.48. The third kappa shape index (κ3) is 5.33. The average molecular weight is 293 g/mol. The first-order valence-electron chi connectivity index (χ1n) is 8.22. The molecule has 2 atom stereocenters. The van der Waals surface area contributed by atoms with E-state index in [1.807, 2.05) is 6.07 Å². The van der Waals surface area contributed by atoms with Crippen molar-refractivity contribution in [3.63, 3.8) is 0 Å². The van der Waals surface area contributed by atoms with Crippen molar-refractivity contribution in [3.8, 4) is 5.75 Å². The van der Waals surface area contributed by atoms with Gasteiger partial charge in [0.25, 0.3) is 0 Å². The summed E-state index contributed by atoms with van der Waals surface area (Å²) in [6.07, 6.45) is 1.15. The molecule has 2 unspecified atom stereocenters. The van der Waals surface area contributed by atoms with Crippen LogP contribution in [0.2, 0.25) is 0 Å². The minimum absolute atomic E-state index is 0.140. The number of benzene rings is 1. The van der Waals surface area contributed by atoms with Crippen LogP contribution in [0.3, 0.4) is 0 Å². The molecule has 0 aliphatic heterocycles. The Morgan fingerprint density at radius 2 is 1.81 bits per heavy atom. The molecule has 1 N–H and O–H groups in total. The fourth-order valence-electron chi connectivity index (χ4n) is 2.57. The monoisotopic (exact) mass is 293 g/mol. The van der Waals surface area contributed by atoms with E-state index < -0.39 is 0 Å². The molecule has 120 valence electrons. The number of hydrogen-bond acceptors (Lipinski definition) is 3. The number of rotatable bonds is 10. The first-order chi connectivity index (χ1) is 10.2. The van der Waals surface area contributed by atoms with Crippen LogP contribution in [-0.4, -0.2) is 25.9 Å². The SMILES string of the molecule is CCCOc1ccccc1C(NCC)C(OCC)C(C)C. The first kappa shape index (κ1) is 18.0. The van der Waals surface area contributed by atoms with Crippen LogP contribution >= 0.6 is 0 Å². The summed E-state index contributed by atoms with van der Waals surface area (Å²) in [7, 11) is 0. The molecule has 1 aromatic carbocycles. The van der Waals surface area contributed by atoms with Gasteiger partial charge >= 0.3 is 0 Å². The first-order valence-corrected chi connectivity index (χ1v) is 8.22. The van der Waals surface area contributed by atoms with E-state index >= 15 is 0 Å². The van der Waals surface area contributed by atoms with Gasteiger partial charge in [0.15, 0.2) is 0 Å². The number of para-hydroxylation sites is 1. The summed E-state index contributed by atoms with van der Waals surface area (Å²) in [6.45, 7) is 13.1. The molecule has 21 heavy (non-hydrogen) atoms. The zero-order valence-corrected chi connectivity index (χ0v) is 14.2. The maximum Gasteiger partial charge on any atom is 0.124 e. The average Bonchev–Trinajstić information content (AvgIpc) is 2.49. The van der Waals surface area contributed by atoms with Gasteiger partial charge in [0.2, 0.25) is 0 Å². The summed E-state index contributed by atoms with van der Waals surface area (Å²) in [6, 6.07) is 8.46. The summed E-state index contributed by atoms with van der Waals surface area (Å²) >= 11 is 0. The molecule has 0 bridgehead atoms. The van der Waals surface area contributed by atoms with Crippen LogP contribution in [0.1, 0.15) is 52.6 Å². The molecule has 0 amide bonds. The van der Waals surface area contributed by atoms with E-state index in [2.05, 4.69) is 58.1 Å². The largest absolute Gasteiger partial charge is 0.493 e. The van der Waals surface area contributed by atoms with Gasteiger partial charge in [-0.05, 0) is 31.9 Å². The lowest BCUT2D eigenvalue weighted by Gasteiger charge is -2.32. The van der Waals surface area contributed by atoms with Crippen LogP contribution in [-0.2, 0) is 4.74 Å². The maximum atomic E-state index is 6.01. The zero-order valence-electron chi connectivity index (χ0n) is 14.2. The van der Waals surface area contributed by atoms with Gasteiger partial charge in [-0.2, -0.15) is 0 Å². The number of likely N-dealkylation sites (N-methyl/N-ethyl adjacent to an activating group) is 1. The Morgan fingerprint density at radius 1 is 1.10 bits per heavy atom. The second-order valence-electron chi connectivity index (χ2n) is 5.59. The van der Waals surface area contributed by atoms with E-state index in [0.29, 0.717) is 5.92 Å². The Labute approximate surface area is 130 Å². The molecule has 0 aromatic heterocycles. The second kappa shape index (κ2) is 9.80. The zero-order chi connectivity index (χ0) is 15.7. The highest BCUT2D eigenvalue weighted by atomic mass is 16.5. The van der Waals surface area contributed by atoms with Gasteiger partial charge in [-0.25, -0.2) is 0 Å². The van der Waals surface area contributed by atoms with Gasteiger partial charge in [0.05, 0.1) is 18.8 Å². The van der Waals surface area contributed by atoms with Crippen LogP contribution in [0, 0.1) is 5.92 Å². The molecular weight excluding hydrogens is 262 g/mol. The van der Waals surface area contributed by atoms with Crippen molar-refractivity contribution in [1.29, 1.82) is 0 Å². The fourth-order valence-corrected chi connectivity index (χ4v) is 2.57. The fraction of sp³-hybridized carbons (Fsp3) is 0.667. The molecule has 0 aliphatic carbocycles. The van der Waals surface area contributed by atoms with Gasteiger partial charge in [0.1, 0.15) is 5.75 Å². The Morgan fingerprint density at radius 3 is 2.38 bits per heavy atom. The predicted molar refractivity (Wildman–Crippen MR) is 88.9 cm³/mol. The molecule has 0 aliphatic rings. The van der Waals surface area contributed by atoms with Crippen LogP contribution in [0.25, 0.3) is 0 Å². The van der Waals surface area contributed by atoms with Gasteiger partial charge in [-0.15, -0.1) is 0 Å². The van der Waals surface area contributed by atoms with Crippen molar-refractivity contribution in [2.24, 2.45) is 5.92 Å². The summed E-state index contributed by atoms with van der Waals surface area (Å²) in [5.74, 6) is 1.41. The number of hydrogen-bond donors (Lipinski definition) is 1. The summed E-state index contributed by atoms with van der Waals surface area (Å²) in [5, 5.41) is 3.58. The van der Waals surface area contributed by atoms with Crippen LogP contribution < -0.4 is 10.1 Å². The number of nitrogens with one attached hydrogen (secondary N) is 1. The molecule has 1 rings (SSSR count). The second-order valence-corrected chi connectivity index (χ2v) is 5.59. The predicted octanol–water partition coefficient (Wildman–Crippen LogP) is 4.19. The lowest BCUT2D eigenvalue weighted by atomic mass is 9.92. The Bertz CT molecular complexity index is 393. The van der Waals surface area contributed by atoms with Crippen molar-refractivity contribution < 1.29 is 9.47 Å². The molecular formula is C18H31NO2. The third-order valence-corrected chi connectivity index (χ3v) is 3.48. The summed E-state index contributed by atoms with van der Waals surface area (Å²) in [4.78, 5) is 0. The standard InChI is InChI=1S/C18H31NO2/c1-6-13-21-16-12-10-9-11-15(16)17(19-7-2)18(14(4)5)20-8-3/h9-12,14,17-19H,6-8,13H2,1-5H3. The van der Waals surface area contributed by atoms with Crippen molar-refractivity contribution in [1.82, 2.24) is 5.32 Å². The van der Waals surface area contributed by atoms with Crippen LogP contribution in [0.15, 0.2) is 24.3 Å². The van der Waals surface area contributed by atoms with E-state index in [-0.39, 0.29) is 12.1 Å². The maximum absolute atomic E-state index is 6.01. The number of ether oxygens (including phenoxy) is 2. The minimum Gasteiger partial charge on any atom is -0.493 e. The highest BCUT2D eigenvalue weighted by Crippen LogP contribution is 2.31. The van der Waals surface area contributed by atoms with Gasteiger partial charge < -0.3 is 14.8 Å². The van der Waals surface area contributed by atoms with E-state index in [9.17, 15) is 0 Å².